The molecule has 0 unspecified atom stereocenters. The Morgan fingerprint density at radius 1 is 0.553 bits per heavy atom. The Labute approximate surface area is 240 Å². The first-order valence-corrected chi connectivity index (χ1v) is 31.1. The molecule has 0 aliphatic rings. The average molecular weight is 615 g/mol. The second kappa shape index (κ2) is 14.1. The van der Waals surface area contributed by atoms with Crippen LogP contribution in [0.2, 0.25) is 98.2 Å². The molecule has 1 rings (SSSR count). The summed E-state index contributed by atoms with van der Waals surface area (Å²) in [4.78, 5) is 0. The molecule has 10 heteroatoms. The van der Waals surface area contributed by atoms with Crippen molar-refractivity contribution in [3.63, 3.8) is 0 Å². The van der Waals surface area contributed by atoms with Gasteiger partial charge < -0.3 is 22.1 Å². The minimum absolute atomic E-state index is 0.237. The van der Waals surface area contributed by atoms with Gasteiger partial charge in [-0.25, -0.2) is 0 Å². The molecule has 0 aliphatic heterocycles. The lowest BCUT2D eigenvalue weighted by atomic mass is 10.0. The summed E-state index contributed by atoms with van der Waals surface area (Å²) in [7, 11) is -9.68. The molecule has 0 aromatic heterocycles. The molecule has 0 amide bonds. The van der Waals surface area contributed by atoms with Gasteiger partial charge in [0.15, 0.2) is 41.6 Å². The lowest BCUT2D eigenvalue weighted by molar-refractivity contribution is -0.0773. The van der Waals surface area contributed by atoms with Crippen molar-refractivity contribution in [3.8, 4) is 0 Å². The summed E-state index contributed by atoms with van der Waals surface area (Å²) in [5, 5.41) is 0. The van der Waals surface area contributed by atoms with E-state index in [1.165, 1.54) is 0 Å². The van der Waals surface area contributed by atoms with Gasteiger partial charge in [-0.15, -0.1) is 0 Å². The van der Waals surface area contributed by atoms with Crippen molar-refractivity contribution in [1.82, 2.24) is 0 Å². The molecular formula is C28H58O5Si5. The average Bonchev–Trinajstić information content (AvgIpc) is 2.68. The molecule has 38 heavy (non-hydrogen) atoms. The van der Waals surface area contributed by atoms with Gasteiger partial charge in [0.1, 0.15) is 6.10 Å². The van der Waals surface area contributed by atoms with Crippen LogP contribution in [-0.4, -0.2) is 72.6 Å². The van der Waals surface area contributed by atoms with Crippen LogP contribution < -0.4 is 0 Å². The lowest BCUT2D eigenvalue weighted by Gasteiger charge is -2.45. The van der Waals surface area contributed by atoms with Crippen LogP contribution in [0, 0.1) is 0 Å². The molecule has 0 spiro atoms. The molecule has 1 aromatic rings. The maximum atomic E-state index is 7.04. The number of hydrogen-bond acceptors (Lipinski definition) is 5. The summed E-state index contributed by atoms with van der Waals surface area (Å²) in [6.07, 6.45) is 3.21. The van der Waals surface area contributed by atoms with Gasteiger partial charge >= 0.3 is 0 Å². The molecular weight excluding hydrogens is 557 g/mol. The summed E-state index contributed by atoms with van der Waals surface area (Å²) < 4.78 is 34.4. The number of rotatable bonds is 16. The fourth-order valence-electron chi connectivity index (χ4n) is 3.87. The zero-order chi connectivity index (χ0) is 29.6. The standard InChI is InChI=1S/C28H58O5Si5/c1-34(2,3)29-23-26(31-36(7,8)9)28(33-38(13,14)15)27(32-37(10,11)12)25(30-35(4,5)6)22-21-24-19-17-16-18-20-24/h16-22,25-28H,23H2,1-15H3/b22-21+/t25-,26+,27+,28-/m0/s1. The first-order chi connectivity index (χ1) is 16.9. The zero-order valence-electron chi connectivity index (χ0n) is 27.1. The third kappa shape index (κ3) is 16.8. The van der Waals surface area contributed by atoms with Crippen molar-refractivity contribution in [2.45, 2.75) is 123 Å². The molecule has 220 valence electrons. The Kier molecular flexibility index (Phi) is 13.4. The van der Waals surface area contributed by atoms with E-state index >= 15 is 0 Å². The second-order valence-corrected chi connectivity index (χ2v) is 37.4. The molecule has 0 bridgehead atoms. The third-order valence-corrected chi connectivity index (χ3v) is 9.93. The second-order valence-electron chi connectivity index (χ2n) is 15.0. The summed E-state index contributed by atoms with van der Waals surface area (Å²) in [5.74, 6) is 0. The van der Waals surface area contributed by atoms with Gasteiger partial charge in [-0.1, -0.05) is 42.5 Å². The predicted octanol–water partition coefficient (Wildman–Crippen LogP) is 8.43. The van der Waals surface area contributed by atoms with Crippen molar-refractivity contribution < 1.29 is 22.1 Å². The van der Waals surface area contributed by atoms with Crippen molar-refractivity contribution in [3.05, 3.63) is 42.0 Å². The predicted molar refractivity (Wildman–Crippen MR) is 178 cm³/mol. The molecule has 1 aromatic carbocycles. The molecule has 4 atom stereocenters. The summed E-state index contributed by atoms with van der Waals surface area (Å²) in [5.41, 5.74) is 1.14. The van der Waals surface area contributed by atoms with Crippen molar-refractivity contribution in [2.24, 2.45) is 0 Å². The van der Waals surface area contributed by atoms with Crippen LogP contribution in [0.1, 0.15) is 5.56 Å². The monoisotopic (exact) mass is 614 g/mol. The molecule has 0 saturated heterocycles. The molecule has 0 radical (unpaired) electrons. The third-order valence-electron chi connectivity index (χ3n) is 4.95. The Morgan fingerprint density at radius 3 is 1.42 bits per heavy atom. The van der Waals surface area contributed by atoms with E-state index in [-0.39, 0.29) is 24.4 Å². The van der Waals surface area contributed by atoms with Crippen LogP contribution in [0.5, 0.6) is 0 Å². The molecule has 0 saturated carbocycles. The largest absolute Gasteiger partial charge is 0.415 e. The van der Waals surface area contributed by atoms with E-state index < -0.39 is 41.6 Å². The highest BCUT2D eigenvalue weighted by atomic mass is 28.4. The first kappa shape index (κ1) is 35.9. The summed E-state index contributed by atoms with van der Waals surface area (Å²) >= 11 is 0. The SMILES string of the molecule is C[Si](C)(C)OC[C@@H](O[Si](C)(C)C)[C@H](O[Si](C)(C)C)[C@H](O[Si](C)(C)C)[C@H](/C=C/c1ccccc1)O[Si](C)(C)C. The van der Waals surface area contributed by atoms with E-state index in [2.05, 4.69) is 135 Å². The fraction of sp³-hybridized carbons (Fsp3) is 0.714. The van der Waals surface area contributed by atoms with E-state index in [9.17, 15) is 0 Å². The van der Waals surface area contributed by atoms with Gasteiger partial charge in [-0.3, -0.25) is 0 Å². The quantitative estimate of drug-likeness (QED) is 0.175. The normalized spacial score (nSPS) is 17.4. The Bertz CT molecular complexity index is 846. The van der Waals surface area contributed by atoms with E-state index in [1.54, 1.807) is 0 Å². The van der Waals surface area contributed by atoms with E-state index in [4.69, 9.17) is 22.1 Å². The maximum Gasteiger partial charge on any atom is 0.184 e. The molecule has 0 heterocycles. The lowest BCUT2D eigenvalue weighted by Crippen LogP contribution is -2.59. The van der Waals surface area contributed by atoms with Crippen molar-refractivity contribution in [1.29, 1.82) is 0 Å². The van der Waals surface area contributed by atoms with Gasteiger partial charge in [0.2, 0.25) is 0 Å². The summed E-state index contributed by atoms with van der Waals surface area (Å²) in [6, 6.07) is 10.4. The van der Waals surface area contributed by atoms with E-state index in [0.29, 0.717) is 6.61 Å². The van der Waals surface area contributed by atoms with Gasteiger partial charge in [-0.05, 0) is 104 Å². The summed E-state index contributed by atoms with van der Waals surface area (Å²) in [6.45, 7) is 34.0. The Hall–Kier alpha value is -0.156. The topological polar surface area (TPSA) is 46.2 Å². The van der Waals surface area contributed by atoms with Crippen LogP contribution in [0.25, 0.3) is 6.08 Å². The van der Waals surface area contributed by atoms with Crippen LogP contribution >= 0.6 is 0 Å². The zero-order valence-corrected chi connectivity index (χ0v) is 32.1. The maximum absolute atomic E-state index is 7.04. The van der Waals surface area contributed by atoms with Gasteiger partial charge in [0, 0.05) is 0 Å². The van der Waals surface area contributed by atoms with Crippen molar-refractivity contribution in [2.75, 3.05) is 6.61 Å². The number of benzene rings is 1. The molecule has 0 aliphatic carbocycles. The van der Waals surface area contributed by atoms with E-state index in [1.807, 2.05) is 6.07 Å². The van der Waals surface area contributed by atoms with E-state index in [0.717, 1.165) is 5.56 Å². The van der Waals surface area contributed by atoms with Crippen LogP contribution in [0.15, 0.2) is 36.4 Å². The highest BCUT2D eigenvalue weighted by Gasteiger charge is 2.44. The van der Waals surface area contributed by atoms with Crippen molar-refractivity contribution >= 4 is 47.7 Å². The molecule has 0 fully saturated rings. The Morgan fingerprint density at radius 2 is 1.00 bits per heavy atom. The van der Waals surface area contributed by atoms with Crippen LogP contribution in [-0.2, 0) is 22.1 Å². The molecule has 5 nitrogen and oxygen atoms in total. The highest BCUT2D eigenvalue weighted by molar-refractivity contribution is 6.71. The Balaban J connectivity index is 3.73. The van der Waals surface area contributed by atoms with Gasteiger partial charge in [0.05, 0.1) is 24.9 Å². The van der Waals surface area contributed by atoms with Gasteiger partial charge in [0.25, 0.3) is 0 Å². The van der Waals surface area contributed by atoms with Crippen LogP contribution in [0.3, 0.4) is 0 Å². The minimum atomic E-state index is -2.01. The number of hydrogen-bond donors (Lipinski definition) is 0. The smallest absolute Gasteiger partial charge is 0.184 e. The first-order valence-electron chi connectivity index (χ1n) is 14.0. The van der Waals surface area contributed by atoms with Crippen LogP contribution in [0.4, 0.5) is 0 Å². The fourth-order valence-corrected chi connectivity index (χ4v) is 8.86. The van der Waals surface area contributed by atoms with Gasteiger partial charge in [-0.2, -0.15) is 0 Å². The molecule has 0 N–H and O–H groups in total. The minimum Gasteiger partial charge on any atom is -0.415 e. The highest BCUT2D eigenvalue weighted by Crippen LogP contribution is 2.29.